The molecule has 0 N–H and O–H groups in total. The van der Waals surface area contributed by atoms with Crippen LogP contribution in [0.2, 0.25) is 0 Å². The molecule has 0 aliphatic heterocycles. The Morgan fingerprint density at radius 2 is 2.11 bits per heavy atom. The van der Waals surface area contributed by atoms with Crippen LogP contribution in [0.4, 0.5) is 0 Å². The molecule has 0 aliphatic rings. The standard InChI is InChI=1S/C13H12IN5/c1-18-6-5-12(16-18)8-19-9-15-13(17-19)10-3-2-4-11(14)7-10/h2-7,9H,8H2,1H3. The van der Waals surface area contributed by atoms with E-state index < -0.39 is 0 Å². The molecule has 0 spiro atoms. The summed E-state index contributed by atoms with van der Waals surface area (Å²) in [5.74, 6) is 0.745. The van der Waals surface area contributed by atoms with Crippen molar-refractivity contribution in [3.8, 4) is 11.4 Å². The lowest BCUT2D eigenvalue weighted by Gasteiger charge is -1.97. The number of nitrogens with zero attached hydrogens (tertiary/aromatic N) is 5. The van der Waals surface area contributed by atoms with Gasteiger partial charge in [-0.05, 0) is 40.8 Å². The first-order valence-electron chi connectivity index (χ1n) is 5.84. The molecule has 6 heteroatoms. The minimum absolute atomic E-state index is 0.637. The van der Waals surface area contributed by atoms with Gasteiger partial charge >= 0.3 is 0 Å². The molecular weight excluding hydrogens is 353 g/mol. The van der Waals surface area contributed by atoms with Gasteiger partial charge in [0.05, 0.1) is 12.2 Å². The van der Waals surface area contributed by atoms with Crippen molar-refractivity contribution in [3.63, 3.8) is 0 Å². The molecule has 3 rings (SSSR count). The van der Waals surface area contributed by atoms with E-state index in [1.807, 2.05) is 31.4 Å². The summed E-state index contributed by atoms with van der Waals surface area (Å²) in [6, 6.07) is 10.1. The quantitative estimate of drug-likeness (QED) is 0.670. The normalized spacial score (nSPS) is 10.8. The van der Waals surface area contributed by atoms with E-state index in [9.17, 15) is 0 Å². The lowest BCUT2D eigenvalue weighted by atomic mass is 10.2. The van der Waals surface area contributed by atoms with Gasteiger partial charge in [0.2, 0.25) is 0 Å². The molecule has 96 valence electrons. The fourth-order valence-electron chi connectivity index (χ4n) is 1.84. The van der Waals surface area contributed by atoms with Crippen LogP contribution in [0.25, 0.3) is 11.4 Å². The molecule has 5 nitrogen and oxygen atoms in total. The average Bonchev–Trinajstić information content (AvgIpc) is 2.99. The van der Waals surface area contributed by atoms with E-state index in [4.69, 9.17) is 0 Å². The van der Waals surface area contributed by atoms with Crippen molar-refractivity contribution < 1.29 is 0 Å². The van der Waals surface area contributed by atoms with Gasteiger partial charge in [-0.2, -0.15) is 10.2 Å². The van der Waals surface area contributed by atoms with Crippen molar-refractivity contribution in [2.75, 3.05) is 0 Å². The second-order valence-electron chi connectivity index (χ2n) is 4.26. The fraction of sp³-hybridized carbons (Fsp3) is 0.154. The third kappa shape index (κ3) is 2.83. The molecule has 19 heavy (non-hydrogen) atoms. The van der Waals surface area contributed by atoms with Gasteiger partial charge in [0.1, 0.15) is 6.33 Å². The van der Waals surface area contributed by atoms with Crippen molar-refractivity contribution in [3.05, 3.63) is 52.1 Å². The van der Waals surface area contributed by atoms with Crippen LogP contribution in [0, 0.1) is 3.57 Å². The first-order valence-corrected chi connectivity index (χ1v) is 6.92. The monoisotopic (exact) mass is 365 g/mol. The van der Waals surface area contributed by atoms with E-state index in [1.165, 1.54) is 3.57 Å². The van der Waals surface area contributed by atoms with Crippen LogP contribution >= 0.6 is 22.6 Å². The minimum Gasteiger partial charge on any atom is -0.275 e. The number of aryl methyl sites for hydroxylation is 1. The maximum absolute atomic E-state index is 4.48. The van der Waals surface area contributed by atoms with Gasteiger partial charge in [0.25, 0.3) is 0 Å². The van der Waals surface area contributed by atoms with Crippen LogP contribution in [-0.2, 0) is 13.6 Å². The molecule has 3 aromatic rings. The summed E-state index contributed by atoms with van der Waals surface area (Å²) in [4.78, 5) is 4.34. The second kappa shape index (κ2) is 5.12. The molecule has 1 aromatic carbocycles. The zero-order chi connectivity index (χ0) is 13.2. The Kier molecular flexibility index (Phi) is 3.33. The molecule has 0 bridgehead atoms. The SMILES string of the molecule is Cn1ccc(Cn2cnc(-c3cccc(I)c3)n2)n1. The largest absolute Gasteiger partial charge is 0.275 e. The molecule has 0 unspecified atom stereocenters. The van der Waals surface area contributed by atoms with Gasteiger partial charge in [-0.25, -0.2) is 9.67 Å². The van der Waals surface area contributed by atoms with Crippen molar-refractivity contribution in [2.45, 2.75) is 6.54 Å². The Morgan fingerprint density at radius 3 is 2.84 bits per heavy atom. The number of aromatic nitrogens is 5. The Labute approximate surface area is 124 Å². The Morgan fingerprint density at radius 1 is 1.21 bits per heavy atom. The molecule has 0 fully saturated rings. The predicted molar refractivity (Wildman–Crippen MR) is 80.5 cm³/mol. The van der Waals surface area contributed by atoms with Crippen molar-refractivity contribution in [1.82, 2.24) is 24.5 Å². The number of rotatable bonds is 3. The zero-order valence-corrected chi connectivity index (χ0v) is 12.5. The molecular formula is C13H12IN5. The minimum atomic E-state index is 0.637. The highest BCUT2D eigenvalue weighted by Gasteiger charge is 2.06. The Hall–Kier alpha value is -1.70. The van der Waals surface area contributed by atoms with Crippen molar-refractivity contribution in [1.29, 1.82) is 0 Å². The topological polar surface area (TPSA) is 48.5 Å². The Balaban J connectivity index is 1.83. The van der Waals surface area contributed by atoms with Gasteiger partial charge in [-0.1, -0.05) is 12.1 Å². The van der Waals surface area contributed by atoms with E-state index in [-0.39, 0.29) is 0 Å². The third-order valence-corrected chi connectivity index (χ3v) is 3.38. The van der Waals surface area contributed by atoms with Crippen molar-refractivity contribution in [2.24, 2.45) is 7.05 Å². The number of hydrogen-bond donors (Lipinski definition) is 0. The second-order valence-corrected chi connectivity index (χ2v) is 5.50. The molecule has 0 saturated carbocycles. The molecule has 2 aromatic heterocycles. The summed E-state index contributed by atoms with van der Waals surface area (Å²) in [6.45, 7) is 0.637. The highest BCUT2D eigenvalue weighted by atomic mass is 127. The van der Waals surface area contributed by atoms with E-state index in [2.05, 4.69) is 49.9 Å². The highest BCUT2D eigenvalue weighted by Crippen LogP contribution is 2.17. The molecule has 0 atom stereocenters. The molecule has 0 radical (unpaired) electrons. The summed E-state index contributed by atoms with van der Waals surface area (Å²) in [5, 5.41) is 8.81. The lowest BCUT2D eigenvalue weighted by Crippen LogP contribution is -2.02. The van der Waals surface area contributed by atoms with E-state index >= 15 is 0 Å². The summed E-state index contributed by atoms with van der Waals surface area (Å²) in [5.41, 5.74) is 2.01. The number of hydrogen-bond acceptors (Lipinski definition) is 3. The number of halogens is 1. The summed E-state index contributed by atoms with van der Waals surface area (Å²) in [6.07, 6.45) is 3.66. The van der Waals surface area contributed by atoms with E-state index in [0.29, 0.717) is 6.54 Å². The van der Waals surface area contributed by atoms with Crippen LogP contribution in [0.3, 0.4) is 0 Å². The highest BCUT2D eigenvalue weighted by molar-refractivity contribution is 14.1. The smallest absolute Gasteiger partial charge is 0.181 e. The van der Waals surface area contributed by atoms with Gasteiger partial charge in [0, 0.05) is 22.4 Å². The van der Waals surface area contributed by atoms with Gasteiger partial charge in [0.15, 0.2) is 5.82 Å². The zero-order valence-electron chi connectivity index (χ0n) is 10.4. The molecule has 0 amide bonds. The first-order chi connectivity index (χ1) is 9.20. The summed E-state index contributed by atoms with van der Waals surface area (Å²) >= 11 is 2.29. The van der Waals surface area contributed by atoms with E-state index in [1.54, 1.807) is 15.7 Å². The maximum atomic E-state index is 4.48. The average molecular weight is 365 g/mol. The van der Waals surface area contributed by atoms with Gasteiger partial charge < -0.3 is 0 Å². The van der Waals surface area contributed by atoms with Crippen LogP contribution in [0.5, 0.6) is 0 Å². The maximum Gasteiger partial charge on any atom is 0.181 e. The van der Waals surface area contributed by atoms with Crippen LogP contribution in [0.15, 0.2) is 42.9 Å². The summed E-state index contributed by atoms with van der Waals surface area (Å²) in [7, 11) is 1.90. The van der Waals surface area contributed by atoms with Gasteiger partial charge in [-0.15, -0.1) is 0 Å². The van der Waals surface area contributed by atoms with Crippen LogP contribution in [0.1, 0.15) is 5.69 Å². The fourth-order valence-corrected chi connectivity index (χ4v) is 2.39. The third-order valence-electron chi connectivity index (χ3n) is 2.71. The van der Waals surface area contributed by atoms with Gasteiger partial charge in [-0.3, -0.25) is 4.68 Å². The molecule has 0 saturated heterocycles. The van der Waals surface area contributed by atoms with E-state index in [0.717, 1.165) is 17.1 Å². The predicted octanol–water partition coefficient (Wildman–Crippen LogP) is 2.33. The lowest BCUT2D eigenvalue weighted by molar-refractivity contribution is 0.650. The molecule has 2 heterocycles. The van der Waals surface area contributed by atoms with Crippen LogP contribution in [-0.4, -0.2) is 24.5 Å². The van der Waals surface area contributed by atoms with Crippen LogP contribution < -0.4 is 0 Å². The first kappa shape index (κ1) is 12.3. The summed E-state index contributed by atoms with van der Waals surface area (Å²) < 4.78 is 4.76. The number of benzene rings is 1. The molecule has 0 aliphatic carbocycles. The Bertz CT molecular complexity index is 700. The van der Waals surface area contributed by atoms with Crippen molar-refractivity contribution >= 4 is 22.6 Å².